The Hall–Kier alpha value is -7.43. The van der Waals surface area contributed by atoms with Crippen molar-refractivity contribution >= 4 is 75.6 Å². The van der Waals surface area contributed by atoms with Crippen LogP contribution >= 0.6 is 0 Å². The Balaban J connectivity index is 1.21. The van der Waals surface area contributed by atoms with Crippen molar-refractivity contribution in [1.29, 1.82) is 0 Å². The monoisotopic (exact) mass is 699 g/mol. The summed E-state index contributed by atoms with van der Waals surface area (Å²) >= 11 is 0. The smallest absolute Gasteiger partial charge is 0.199 e. The molecule has 0 radical (unpaired) electrons. The molecule has 0 saturated carbocycles. The summed E-state index contributed by atoms with van der Waals surface area (Å²) in [5.41, 5.74) is 4.77. The molecule has 2 aromatic heterocycles. The van der Waals surface area contributed by atoms with Crippen molar-refractivity contribution in [2.45, 2.75) is 0 Å². The largest absolute Gasteiger partial charge is 0.453 e. The van der Waals surface area contributed by atoms with Gasteiger partial charge in [0.15, 0.2) is 23.2 Å². The van der Waals surface area contributed by atoms with Gasteiger partial charge in [0, 0.05) is 16.5 Å². The van der Waals surface area contributed by atoms with Crippen LogP contribution in [0.5, 0.6) is 0 Å². The maximum Gasteiger partial charge on any atom is 0.199 e. The van der Waals surface area contributed by atoms with Crippen LogP contribution in [-0.4, -0.2) is 15.0 Å². The molecule has 10 aromatic carbocycles. The first kappa shape index (κ1) is 30.1. The Kier molecular flexibility index (Phi) is 6.31. The van der Waals surface area contributed by atoms with Gasteiger partial charge in [-0.2, -0.15) is 0 Å². The molecule has 4 heteroatoms. The molecule has 0 aliphatic rings. The number of hydrogen-bond acceptors (Lipinski definition) is 4. The van der Waals surface area contributed by atoms with E-state index in [-0.39, 0.29) is 0 Å². The van der Waals surface area contributed by atoms with E-state index < -0.39 is 0 Å². The molecule has 0 saturated heterocycles. The van der Waals surface area contributed by atoms with Gasteiger partial charge < -0.3 is 4.42 Å². The van der Waals surface area contributed by atoms with Crippen molar-refractivity contribution in [3.63, 3.8) is 0 Å². The predicted molar refractivity (Wildman–Crippen MR) is 228 cm³/mol. The highest BCUT2D eigenvalue weighted by molar-refractivity contribution is 6.37. The second kappa shape index (κ2) is 11.5. The van der Waals surface area contributed by atoms with Crippen LogP contribution in [0.2, 0.25) is 0 Å². The van der Waals surface area contributed by atoms with Gasteiger partial charge in [-0.15, -0.1) is 0 Å². The molecule has 0 amide bonds. The molecular weight excluding hydrogens is 671 g/mol. The highest BCUT2D eigenvalue weighted by Gasteiger charge is 2.20. The molecule has 12 aromatic rings. The minimum absolute atomic E-state index is 0.489. The van der Waals surface area contributed by atoms with Crippen LogP contribution in [0, 0.1) is 0 Å². The van der Waals surface area contributed by atoms with Gasteiger partial charge in [-0.3, -0.25) is 0 Å². The first-order valence-corrected chi connectivity index (χ1v) is 18.6. The van der Waals surface area contributed by atoms with E-state index in [1.165, 1.54) is 53.9 Å². The quantitative estimate of drug-likeness (QED) is 0.172. The van der Waals surface area contributed by atoms with Crippen LogP contribution in [-0.2, 0) is 0 Å². The zero-order chi connectivity index (χ0) is 36.0. The Morgan fingerprint density at radius 3 is 1.53 bits per heavy atom. The third-order valence-corrected chi connectivity index (χ3v) is 11.2. The normalized spacial score (nSPS) is 12.0. The van der Waals surface area contributed by atoms with Crippen LogP contribution in [0.3, 0.4) is 0 Å². The number of nitrogens with zero attached hydrogens (tertiary/aromatic N) is 3. The molecule has 0 fully saturated rings. The molecule has 254 valence electrons. The van der Waals surface area contributed by atoms with E-state index in [0.717, 1.165) is 44.0 Å². The van der Waals surface area contributed by atoms with Gasteiger partial charge in [-0.1, -0.05) is 152 Å². The number of furan rings is 1. The molecule has 0 aliphatic heterocycles. The molecule has 0 atom stereocenters. The molecule has 55 heavy (non-hydrogen) atoms. The van der Waals surface area contributed by atoms with Gasteiger partial charge in [-0.25, -0.2) is 15.0 Å². The second-order valence-corrected chi connectivity index (χ2v) is 14.3. The van der Waals surface area contributed by atoms with Crippen molar-refractivity contribution in [1.82, 2.24) is 15.0 Å². The molecule has 2 heterocycles. The van der Waals surface area contributed by atoms with E-state index in [1.54, 1.807) is 0 Å². The van der Waals surface area contributed by atoms with E-state index >= 15 is 0 Å². The van der Waals surface area contributed by atoms with E-state index in [4.69, 9.17) is 19.4 Å². The minimum atomic E-state index is 0.489. The van der Waals surface area contributed by atoms with Crippen LogP contribution in [0.1, 0.15) is 0 Å². The summed E-state index contributed by atoms with van der Waals surface area (Å²) in [7, 11) is 0. The minimum Gasteiger partial charge on any atom is -0.453 e. The average molecular weight is 700 g/mol. The molecule has 0 N–H and O–H groups in total. The maximum absolute atomic E-state index is 6.40. The lowest BCUT2D eigenvalue weighted by Gasteiger charge is -2.17. The fourth-order valence-corrected chi connectivity index (χ4v) is 8.79. The molecule has 0 aliphatic carbocycles. The third kappa shape index (κ3) is 4.55. The fraction of sp³-hybridized carbons (Fsp3) is 0. The third-order valence-electron chi connectivity index (χ3n) is 11.2. The average Bonchev–Trinajstić information content (AvgIpc) is 3.70. The highest BCUT2D eigenvalue weighted by atomic mass is 16.3. The summed E-state index contributed by atoms with van der Waals surface area (Å²) in [6.45, 7) is 0. The first-order valence-electron chi connectivity index (χ1n) is 18.6. The summed E-state index contributed by atoms with van der Waals surface area (Å²) < 4.78 is 6.40. The zero-order valence-electron chi connectivity index (χ0n) is 29.5. The van der Waals surface area contributed by atoms with Crippen LogP contribution < -0.4 is 0 Å². The molecule has 12 rings (SSSR count). The molecular formula is C51H29N3O. The number of rotatable bonds is 4. The van der Waals surface area contributed by atoms with Crippen molar-refractivity contribution < 1.29 is 4.42 Å². The topological polar surface area (TPSA) is 51.8 Å². The van der Waals surface area contributed by atoms with Gasteiger partial charge in [0.05, 0.1) is 0 Å². The Morgan fingerprint density at radius 1 is 0.309 bits per heavy atom. The maximum atomic E-state index is 6.40. The lowest BCUT2D eigenvalue weighted by atomic mass is 9.87. The van der Waals surface area contributed by atoms with Gasteiger partial charge in [-0.05, 0) is 100 Å². The van der Waals surface area contributed by atoms with Crippen molar-refractivity contribution in [3.8, 4) is 45.5 Å². The summed E-state index contributed by atoms with van der Waals surface area (Å²) in [5.74, 6) is 2.26. The van der Waals surface area contributed by atoms with Crippen molar-refractivity contribution in [3.05, 3.63) is 176 Å². The van der Waals surface area contributed by atoms with E-state index in [0.29, 0.717) is 23.2 Å². The van der Waals surface area contributed by atoms with Crippen LogP contribution in [0.25, 0.3) is 121 Å². The lowest BCUT2D eigenvalue weighted by molar-refractivity contribution is 0.625. The fourth-order valence-electron chi connectivity index (χ4n) is 8.79. The lowest BCUT2D eigenvalue weighted by Crippen LogP contribution is -2.01. The van der Waals surface area contributed by atoms with Crippen molar-refractivity contribution in [2.24, 2.45) is 0 Å². The van der Waals surface area contributed by atoms with E-state index in [2.05, 4.69) is 133 Å². The number of fused-ring (bicyclic) bond motifs is 3. The number of benzene rings is 9. The molecule has 0 unspecified atom stereocenters. The molecule has 0 spiro atoms. The van der Waals surface area contributed by atoms with Gasteiger partial charge in [0.1, 0.15) is 5.58 Å². The summed E-state index contributed by atoms with van der Waals surface area (Å²) in [6.07, 6.45) is 0. The SMILES string of the molecule is c1ccc(-c2ccccc2-c2nc(-c3cc4ccc5cccc6c7cccc8ccc9cccc(c(c3)c4c56)c9c87)nc(-c3cc4ccccc4o3)n2)cc1. The molecule has 4 nitrogen and oxygen atoms in total. The predicted octanol–water partition coefficient (Wildman–Crippen LogP) is 13.6. The van der Waals surface area contributed by atoms with E-state index in [1.807, 2.05) is 42.5 Å². The van der Waals surface area contributed by atoms with Gasteiger partial charge in [0.2, 0.25) is 0 Å². The number of aromatic nitrogens is 3. The van der Waals surface area contributed by atoms with Crippen LogP contribution in [0.4, 0.5) is 0 Å². The van der Waals surface area contributed by atoms with Gasteiger partial charge >= 0.3 is 0 Å². The Bertz CT molecular complexity index is 3450. The van der Waals surface area contributed by atoms with E-state index in [9.17, 15) is 0 Å². The summed E-state index contributed by atoms with van der Waals surface area (Å²) in [5, 5.41) is 15.7. The highest BCUT2D eigenvalue weighted by Crippen LogP contribution is 2.44. The first-order chi connectivity index (χ1) is 27.2. The second-order valence-electron chi connectivity index (χ2n) is 14.3. The Morgan fingerprint density at radius 2 is 0.836 bits per heavy atom. The summed E-state index contributed by atoms with van der Waals surface area (Å²) in [4.78, 5) is 15.6. The van der Waals surface area contributed by atoms with Gasteiger partial charge in [0.25, 0.3) is 0 Å². The zero-order valence-corrected chi connectivity index (χ0v) is 29.5. The van der Waals surface area contributed by atoms with Crippen LogP contribution in [0.15, 0.2) is 180 Å². The standard InChI is InChI=1S/C51H29N3O/c1-2-11-30(12-3-1)37-17-5-6-18-41(37)50-52-49(53-51(54-50)44-29-34-13-4-7-22-43(34)55-44)36-27-35-26-25-33-15-9-20-39-38-19-8-14-31-23-24-32-16-10-21-40(47(32)45(31)38)42(28-36)48(35)46(33)39/h1-29H. The summed E-state index contributed by atoms with van der Waals surface area (Å²) in [6, 6.07) is 62.4. The number of hydrogen-bond donors (Lipinski definition) is 0. The molecule has 0 bridgehead atoms. The Labute approximate surface area is 315 Å². The van der Waals surface area contributed by atoms with Crippen molar-refractivity contribution in [2.75, 3.05) is 0 Å². The number of para-hydroxylation sites is 1.